The molecule has 0 unspecified atom stereocenters. The van der Waals surface area contributed by atoms with Gasteiger partial charge in [0.05, 0.1) is 5.52 Å². The SMILES string of the molecule is CC(C)n1nc(NC=O)c2ccccc21. The number of anilines is 1. The van der Waals surface area contributed by atoms with Gasteiger partial charge in [-0.3, -0.25) is 9.48 Å². The molecule has 1 amide bonds. The first-order chi connectivity index (χ1) is 7.24. The monoisotopic (exact) mass is 203 g/mol. The number of amides is 1. The molecule has 2 aromatic rings. The fourth-order valence-electron chi connectivity index (χ4n) is 1.65. The van der Waals surface area contributed by atoms with Crippen molar-refractivity contribution in [3.05, 3.63) is 24.3 Å². The lowest BCUT2D eigenvalue weighted by Gasteiger charge is -2.05. The van der Waals surface area contributed by atoms with E-state index in [4.69, 9.17) is 0 Å². The van der Waals surface area contributed by atoms with Crippen LogP contribution in [-0.2, 0) is 4.79 Å². The number of nitrogens with zero attached hydrogens (tertiary/aromatic N) is 2. The van der Waals surface area contributed by atoms with Crippen LogP contribution >= 0.6 is 0 Å². The van der Waals surface area contributed by atoms with Gasteiger partial charge in [-0.05, 0) is 26.0 Å². The average molecular weight is 203 g/mol. The minimum Gasteiger partial charge on any atom is -0.311 e. The molecule has 0 spiro atoms. The summed E-state index contributed by atoms with van der Waals surface area (Å²) in [7, 11) is 0. The fourth-order valence-corrected chi connectivity index (χ4v) is 1.65. The minimum atomic E-state index is 0.275. The van der Waals surface area contributed by atoms with Crippen LogP contribution in [0.25, 0.3) is 10.9 Å². The summed E-state index contributed by atoms with van der Waals surface area (Å²) < 4.78 is 1.90. The summed E-state index contributed by atoms with van der Waals surface area (Å²) >= 11 is 0. The van der Waals surface area contributed by atoms with Crippen molar-refractivity contribution < 1.29 is 4.79 Å². The van der Waals surface area contributed by atoms with Crippen molar-refractivity contribution in [3.63, 3.8) is 0 Å². The number of carbonyl (C=O) groups is 1. The Morgan fingerprint density at radius 2 is 2.13 bits per heavy atom. The second-order valence-electron chi connectivity index (χ2n) is 3.67. The molecule has 0 aliphatic rings. The third-order valence-electron chi connectivity index (χ3n) is 2.30. The molecule has 78 valence electrons. The lowest BCUT2D eigenvalue weighted by molar-refractivity contribution is -0.105. The van der Waals surface area contributed by atoms with Gasteiger partial charge in [-0.1, -0.05) is 12.1 Å². The number of nitrogens with one attached hydrogen (secondary N) is 1. The van der Waals surface area contributed by atoms with E-state index in [2.05, 4.69) is 24.3 Å². The Hall–Kier alpha value is -1.84. The van der Waals surface area contributed by atoms with Gasteiger partial charge in [0.25, 0.3) is 0 Å². The second kappa shape index (κ2) is 3.73. The van der Waals surface area contributed by atoms with Crippen LogP contribution in [0.2, 0.25) is 0 Å². The zero-order valence-electron chi connectivity index (χ0n) is 8.77. The van der Waals surface area contributed by atoms with Crippen LogP contribution in [0.15, 0.2) is 24.3 Å². The number of rotatable bonds is 3. The van der Waals surface area contributed by atoms with E-state index in [9.17, 15) is 4.79 Å². The van der Waals surface area contributed by atoms with Gasteiger partial charge >= 0.3 is 0 Å². The van der Waals surface area contributed by atoms with E-state index in [-0.39, 0.29) is 6.04 Å². The highest BCUT2D eigenvalue weighted by Gasteiger charge is 2.10. The van der Waals surface area contributed by atoms with Crippen molar-refractivity contribution in [2.24, 2.45) is 0 Å². The van der Waals surface area contributed by atoms with Crippen molar-refractivity contribution in [3.8, 4) is 0 Å². The second-order valence-corrected chi connectivity index (χ2v) is 3.67. The molecular formula is C11H13N3O. The quantitative estimate of drug-likeness (QED) is 0.777. The van der Waals surface area contributed by atoms with Crippen LogP contribution in [0, 0.1) is 0 Å². The van der Waals surface area contributed by atoms with Gasteiger partial charge in [0.2, 0.25) is 6.41 Å². The van der Waals surface area contributed by atoms with Gasteiger partial charge in [-0.15, -0.1) is 0 Å². The number of benzene rings is 1. The molecule has 0 saturated carbocycles. The predicted molar refractivity (Wildman–Crippen MR) is 59.8 cm³/mol. The van der Waals surface area contributed by atoms with Crippen molar-refractivity contribution in [1.29, 1.82) is 0 Å². The summed E-state index contributed by atoms with van der Waals surface area (Å²) in [6.07, 6.45) is 0.652. The Morgan fingerprint density at radius 1 is 1.40 bits per heavy atom. The molecule has 1 aromatic heterocycles. The standard InChI is InChI=1S/C11H13N3O/c1-8(2)14-10-6-4-3-5-9(10)11(13-14)12-7-15/h3-8H,1-2H3,(H,12,13,15). The fraction of sp³-hybridized carbons (Fsp3) is 0.273. The zero-order chi connectivity index (χ0) is 10.8. The van der Waals surface area contributed by atoms with Crippen LogP contribution in [0.5, 0.6) is 0 Å². The molecule has 1 N–H and O–H groups in total. The smallest absolute Gasteiger partial charge is 0.212 e. The van der Waals surface area contributed by atoms with E-state index in [1.54, 1.807) is 0 Å². The Morgan fingerprint density at radius 3 is 2.80 bits per heavy atom. The molecule has 0 aliphatic heterocycles. The van der Waals surface area contributed by atoms with Crippen LogP contribution in [0.4, 0.5) is 5.82 Å². The summed E-state index contributed by atoms with van der Waals surface area (Å²) in [5.74, 6) is 0.620. The predicted octanol–water partition coefficient (Wildman–Crippen LogP) is 2.19. The molecule has 0 radical (unpaired) electrons. The summed E-state index contributed by atoms with van der Waals surface area (Å²) in [5, 5.41) is 7.94. The molecule has 0 saturated heterocycles. The summed E-state index contributed by atoms with van der Waals surface area (Å²) in [6.45, 7) is 4.12. The van der Waals surface area contributed by atoms with Gasteiger partial charge in [0.15, 0.2) is 5.82 Å². The van der Waals surface area contributed by atoms with E-state index in [1.165, 1.54) is 0 Å². The molecule has 15 heavy (non-hydrogen) atoms. The Kier molecular flexibility index (Phi) is 2.41. The van der Waals surface area contributed by atoms with Gasteiger partial charge in [0.1, 0.15) is 0 Å². The Bertz CT molecular complexity index is 488. The maximum absolute atomic E-state index is 10.4. The number of carbonyl (C=O) groups excluding carboxylic acids is 1. The first-order valence-corrected chi connectivity index (χ1v) is 4.91. The van der Waals surface area contributed by atoms with E-state index < -0.39 is 0 Å². The molecule has 1 aromatic carbocycles. The highest BCUT2D eigenvalue weighted by Crippen LogP contribution is 2.24. The van der Waals surface area contributed by atoms with Crippen LogP contribution < -0.4 is 5.32 Å². The Balaban J connectivity index is 2.67. The van der Waals surface area contributed by atoms with Crippen LogP contribution in [-0.4, -0.2) is 16.2 Å². The van der Waals surface area contributed by atoms with Gasteiger partial charge in [-0.2, -0.15) is 5.10 Å². The highest BCUT2D eigenvalue weighted by atomic mass is 16.1. The molecule has 1 heterocycles. The maximum Gasteiger partial charge on any atom is 0.212 e. The number of hydrogen-bond donors (Lipinski definition) is 1. The number of para-hydroxylation sites is 1. The van der Waals surface area contributed by atoms with Gasteiger partial charge in [-0.25, -0.2) is 0 Å². The minimum absolute atomic E-state index is 0.275. The van der Waals surface area contributed by atoms with E-state index in [1.807, 2.05) is 28.9 Å². The molecule has 0 aliphatic carbocycles. The molecule has 0 bridgehead atoms. The molecular weight excluding hydrogens is 190 g/mol. The lowest BCUT2D eigenvalue weighted by Crippen LogP contribution is -2.03. The normalized spacial score (nSPS) is 10.9. The first kappa shape index (κ1) is 9.71. The van der Waals surface area contributed by atoms with Crippen molar-refractivity contribution in [2.75, 3.05) is 5.32 Å². The van der Waals surface area contributed by atoms with Crippen molar-refractivity contribution in [2.45, 2.75) is 19.9 Å². The van der Waals surface area contributed by atoms with E-state index in [0.29, 0.717) is 12.2 Å². The Labute approximate surface area is 87.9 Å². The third kappa shape index (κ3) is 1.58. The van der Waals surface area contributed by atoms with Crippen LogP contribution in [0.1, 0.15) is 19.9 Å². The average Bonchev–Trinajstić information content (AvgIpc) is 2.59. The molecule has 0 fully saturated rings. The topological polar surface area (TPSA) is 46.9 Å². The number of fused-ring (bicyclic) bond motifs is 1. The molecule has 2 rings (SSSR count). The largest absolute Gasteiger partial charge is 0.311 e. The van der Waals surface area contributed by atoms with Gasteiger partial charge in [0, 0.05) is 11.4 Å². The molecule has 0 atom stereocenters. The van der Waals surface area contributed by atoms with E-state index >= 15 is 0 Å². The van der Waals surface area contributed by atoms with E-state index in [0.717, 1.165) is 10.9 Å². The summed E-state index contributed by atoms with van der Waals surface area (Å²) in [5.41, 5.74) is 1.04. The lowest BCUT2D eigenvalue weighted by atomic mass is 10.2. The maximum atomic E-state index is 10.4. The zero-order valence-corrected chi connectivity index (χ0v) is 8.77. The van der Waals surface area contributed by atoms with Gasteiger partial charge < -0.3 is 5.32 Å². The number of hydrogen-bond acceptors (Lipinski definition) is 2. The summed E-state index contributed by atoms with van der Waals surface area (Å²) in [4.78, 5) is 10.4. The third-order valence-corrected chi connectivity index (χ3v) is 2.30. The molecule has 4 heteroatoms. The number of aromatic nitrogens is 2. The summed E-state index contributed by atoms with van der Waals surface area (Å²) in [6, 6.07) is 8.13. The van der Waals surface area contributed by atoms with Crippen molar-refractivity contribution >= 4 is 23.1 Å². The van der Waals surface area contributed by atoms with Crippen molar-refractivity contribution in [1.82, 2.24) is 9.78 Å². The first-order valence-electron chi connectivity index (χ1n) is 4.91. The van der Waals surface area contributed by atoms with Crippen LogP contribution in [0.3, 0.4) is 0 Å². The molecule has 4 nitrogen and oxygen atoms in total. The highest BCUT2D eigenvalue weighted by molar-refractivity contribution is 5.94.